The summed E-state index contributed by atoms with van der Waals surface area (Å²) in [5.74, 6) is -0.490. The number of benzene rings is 1. The van der Waals surface area contributed by atoms with Crippen LogP contribution in [0.4, 0.5) is 5.82 Å². The van der Waals surface area contributed by atoms with E-state index in [1.807, 2.05) is 0 Å². The molecule has 1 saturated heterocycles. The number of phosphoric ester groups is 1. The third-order valence-electron chi connectivity index (χ3n) is 11.3. The number of methoxy groups -OCH3 is 2. The first-order valence-corrected chi connectivity index (χ1v) is 23.6. The monoisotopic (exact) mass is 868 g/mol. The Kier molecular flexibility index (Phi) is 20.9. The van der Waals surface area contributed by atoms with E-state index in [-0.39, 0.29) is 19.0 Å². The molecule has 1 fully saturated rings. The van der Waals surface area contributed by atoms with Crippen LogP contribution in [-0.2, 0) is 39.2 Å². The molecule has 0 radical (unpaired) electrons. The fourth-order valence-corrected chi connectivity index (χ4v) is 8.53. The van der Waals surface area contributed by atoms with Crippen LogP contribution >= 0.6 is 7.82 Å². The molecule has 1 aliphatic heterocycles. The number of rotatable bonds is 31. The van der Waals surface area contributed by atoms with Gasteiger partial charge in [-0.3, -0.25) is 9.05 Å². The highest BCUT2D eigenvalue weighted by molar-refractivity contribution is 7.47. The Labute approximate surface area is 362 Å². The summed E-state index contributed by atoms with van der Waals surface area (Å²) in [4.78, 5) is 15.0. The van der Waals surface area contributed by atoms with Crippen LogP contribution in [-0.4, -0.2) is 70.5 Å². The Bertz CT molecular complexity index is 1900. The number of ether oxygens (including phenoxy) is 5. The molecule has 3 heterocycles. The molecule has 0 aliphatic carbocycles. The van der Waals surface area contributed by atoms with Gasteiger partial charge in [0.25, 0.3) is 0 Å². The van der Waals surface area contributed by atoms with Crippen LogP contribution in [0.25, 0.3) is 5.52 Å². The van der Waals surface area contributed by atoms with E-state index in [0.29, 0.717) is 28.9 Å². The number of aromatic nitrogens is 3. The number of nitrogens with zero attached hydrogens (tertiary/aromatic N) is 5. The molecule has 0 saturated carbocycles. The van der Waals surface area contributed by atoms with Crippen LogP contribution in [0, 0.1) is 22.7 Å². The highest BCUT2D eigenvalue weighted by Crippen LogP contribution is 2.48. The Balaban J connectivity index is 1.29. The van der Waals surface area contributed by atoms with Crippen molar-refractivity contribution in [3.63, 3.8) is 0 Å². The fraction of sp³-hybridized carbons (Fsp3) is 0.689. The van der Waals surface area contributed by atoms with Gasteiger partial charge in [0.05, 0.1) is 37.7 Å². The molecular weight excluding hydrogens is 800 g/mol. The lowest BCUT2D eigenvalue weighted by molar-refractivity contribution is -0.171. The van der Waals surface area contributed by atoms with Gasteiger partial charge in [0.2, 0.25) is 5.60 Å². The van der Waals surface area contributed by atoms with Crippen LogP contribution in [0.3, 0.4) is 0 Å². The molecule has 61 heavy (non-hydrogen) atoms. The van der Waals surface area contributed by atoms with Gasteiger partial charge in [0.15, 0.2) is 11.6 Å². The number of fused-ring (bicyclic) bond motifs is 1. The van der Waals surface area contributed by atoms with Crippen LogP contribution < -0.4 is 10.5 Å². The van der Waals surface area contributed by atoms with Crippen molar-refractivity contribution in [1.82, 2.24) is 14.6 Å². The zero-order valence-corrected chi connectivity index (χ0v) is 37.9. The van der Waals surface area contributed by atoms with Crippen molar-refractivity contribution in [3.05, 3.63) is 53.5 Å². The number of hydrogen-bond donors (Lipinski definition) is 2. The Morgan fingerprint density at radius 3 is 2.11 bits per heavy atom. The highest BCUT2D eigenvalue weighted by Gasteiger charge is 2.56. The van der Waals surface area contributed by atoms with Crippen molar-refractivity contribution in [2.24, 2.45) is 0 Å². The van der Waals surface area contributed by atoms with E-state index in [9.17, 15) is 20.0 Å². The SMILES string of the molecule is CCCCCCCCCCCCCCCCCCC[C@H](COP(=O)(O)OC[C@@](C#N)(OC)[C@H]1OC(C)(C)O[C@H]1c1ccc2c(N)ncnn12)OCc1ccc(C#N)c(OC)c1. The molecule has 5 atom stereocenters. The number of nitrogens with two attached hydrogens (primary N) is 1. The van der Waals surface area contributed by atoms with Crippen molar-refractivity contribution >= 4 is 19.2 Å². The summed E-state index contributed by atoms with van der Waals surface area (Å²) < 4.78 is 55.8. The largest absolute Gasteiger partial charge is 0.495 e. The Hall–Kier alpha value is -3.63. The lowest BCUT2D eigenvalue weighted by atomic mass is 9.93. The summed E-state index contributed by atoms with van der Waals surface area (Å²) in [6.45, 7) is 4.86. The van der Waals surface area contributed by atoms with Crippen LogP contribution in [0.15, 0.2) is 36.7 Å². The van der Waals surface area contributed by atoms with Crippen molar-refractivity contribution < 1.29 is 42.2 Å². The molecular formula is C45H69N6O9P. The van der Waals surface area contributed by atoms with Gasteiger partial charge in [-0.05, 0) is 50.1 Å². The maximum absolute atomic E-state index is 13.5. The topological polar surface area (TPSA) is 206 Å². The van der Waals surface area contributed by atoms with Gasteiger partial charge in [-0.15, -0.1) is 0 Å². The molecule has 0 spiro atoms. The zero-order chi connectivity index (χ0) is 44.1. The van der Waals surface area contributed by atoms with E-state index in [4.69, 9.17) is 38.5 Å². The van der Waals surface area contributed by atoms with Crippen molar-refractivity contribution in [2.75, 3.05) is 33.2 Å². The fourth-order valence-electron chi connectivity index (χ4n) is 7.74. The highest BCUT2D eigenvalue weighted by atomic mass is 31.2. The number of phosphoric acid groups is 1. The first kappa shape index (κ1) is 50.0. The molecule has 1 unspecified atom stereocenters. The number of unbranched alkanes of at least 4 members (excludes halogenated alkanes) is 16. The average molecular weight is 869 g/mol. The third kappa shape index (κ3) is 15.6. The van der Waals surface area contributed by atoms with E-state index in [1.54, 1.807) is 44.2 Å². The number of nitriles is 2. The molecule has 338 valence electrons. The molecule has 3 aromatic rings. The zero-order valence-electron chi connectivity index (χ0n) is 37.0. The van der Waals surface area contributed by atoms with E-state index in [0.717, 1.165) is 24.8 Å². The molecule has 2 aromatic heterocycles. The van der Waals surface area contributed by atoms with Crippen LogP contribution in [0.1, 0.15) is 159 Å². The molecule has 0 amide bonds. The number of hydrogen-bond acceptors (Lipinski definition) is 13. The second-order valence-corrected chi connectivity index (χ2v) is 17.9. The van der Waals surface area contributed by atoms with Gasteiger partial charge >= 0.3 is 7.82 Å². The van der Waals surface area contributed by atoms with Gasteiger partial charge in [-0.25, -0.2) is 14.1 Å². The van der Waals surface area contributed by atoms with Crippen molar-refractivity contribution in [2.45, 2.75) is 173 Å². The Morgan fingerprint density at radius 2 is 1.54 bits per heavy atom. The van der Waals surface area contributed by atoms with Crippen LogP contribution in [0.5, 0.6) is 5.75 Å². The maximum Gasteiger partial charge on any atom is 0.472 e. The predicted octanol–water partition coefficient (Wildman–Crippen LogP) is 10.1. The van der Waals surface area contributed by atoms with Crippen LogP contribution in [0.2, 0.25) is 0 Å². The Morgan fingerprint density at radius 1 is 0.918 bits per heavy atom. The normalized spacial score (nSPS) is 18.6. The second-order valence-electron chi connectivity index (χ2n) is 16.4. The quantitative estimate of drug-likeness (QED) is 0.0456. The molecule has 1 aromatic carbocycles. The lowest BCUT2D eigenvalue weighted by Gasteiger charge is -2.33. The van der Waals surface area contributed by atoms with E-state index in [2.05, 4.69) is 29.1 Å². The summed E-state index contributed by atoms with van der Waals surface area (Å²) in [5.41, 5.74) is 6.35. The summed E-state index contributed by atoms with van der Waals surface area (Å²) >= 11 is 0. The predicted molar refractivity (Wildman–Crippen MR) is 232 cm³/mol. The van der Waals surface area contributed by atoms with E-state index in [1.165, 1.54) is 115 Å². The maximum atomic E-state index is 13.5. The van der Waals surface area contributed by atoms with Crippen molar-refractivity contribution in [1.29, 1.82) is 10.5 Å². The molecule has 3 N–H and O–H groups in total. The molecule has 15 nitrogen and oxygen atoms in total. The molecule has 1 aliphatic rings. The van der Waals surface area contributed by atoms with Gasteiger partial charge < -0.3 is 34.3 Å². The summed E-state index contributed by atoms with van der Waals surface area (Å²) in [6.07, 6.45) is 20.7. The smallest absolute Gasteiger partial charge is 0.472 e. The average Bonchev–Trinajstić information content (AvgIpc) is 3.84. The van der Waals surface area contributed by atoms with Gasteiger partial charge in [0, 0.05) is 7.11 Å². The number of nitrogen functional groups attached to an aromatic ring is 1. The summed E-state index contributed by atoms with van der Waals surface area (Å²) in [5, 5.41) is 24.2. The third-order valence-corrected chi connectivity index (χ3v) is 12.2. The molecule has 4 rings (SSSR count). The minimum absolute atomic E-state index is 0.161. The van der Waals surface area contributed by atoms with Gasteiger partial charge in [0.1, 0.15) is 48.5 Å². The van der Waals surface area contributed by atoms with E-state index >= 15 is 0 Å². The standard InChI is InChI=1S/C45H69N6O9P/c1-6-7-8-9-10-11-12-13-14-15-16-17-18-19-20-21-22-23-37(56-30-35-24-25-36(29-46)40(28-35)54-4)31-57-61(52,53)58-33-45(32-47,55-5)42-41(59-44(2,3)60-42)38-26-27-39-43(48)49-34-50-51(38)39/h24-28,34,37,41-42H,6-23,30-31,33H2,1-5H3,(H,52,53)(H2,48,49,50)/t37-,41+,42+,45-/m1/s1. The first-order chi connectivity index (χ1) is 29.4. The lowest BCUT2D eigenvalue weighted by Crippen LogP contribution is -2.50. The van der Waals surface area contributed by atoms with Gasteiger partial charge in [-0.1, -0.05) is 122 Å². The summed E-state index contributed by atoms with van der Waals surface area (Å²) in [7, 11) is -1.98. The molecule has 0 bridgehead atoms. The summed E-state index contributed by atoms with van der Waals surface area (Å²) in [6, 6.07) is 12.8. The second kappa shape index (κ2) is 25.5. The number of anilines is 1. The minimum atomic E-state index is -4.77. The minimum Gasteiger partial charge on any atom is -0.495 e. The van der Waals surface area contributed by atoms with Crippen molar-refractivity contribution in [3.8, 4) is 17.9 Å². The first-order valence-electron chi connectivity index (χ1n) is 22.1. The molecule has 16 heteroatoms. The van der Waals surface area contributed by atoms with E-state index < -0.39 is 44.1 Å². The van der Waals surface area contributed by atoms with Gasteiger partial charge in [-0.2, -0.15) is 15.6 Å².